The average Bonchev–Trinajstić information content (AvgIpc) is 2.40. The van der Waals surface area contributed by atoms with Crippen LogP contribution >= 0.6 is 8.25 Å². The van der Waals surface area contributed by atoms with E-state index in [1.165, 1.54) is 11.1 Å². The fourth-order valence-electron chi connectivity index (χ4n) is 1.85. The normalized spacial score (nSPS) is 10.2. The summed E-state index contributed by atoms with van der Waals surface area (Å²) >= 11 is 0. The van der Waals surface area contributed by atoms with Gasteiger partial charge in [0.1, 0.15) is 0 Å². The Balaban J connectivity index is 0.000000444. The highest BCUT2D eigenvalue weighted by Crippen LogP contribution is 2.07. The van der Waals surface area contributed by atoms with Crippen LogP contribution in [0.5, 0.6) is 0 Å². The van der Waals surface area contributed by atoms with Gasteiger partial charge in [-0.15, -0.1) is 0 Å². The maximum absolute atomic E-state index is 8.74. The Morgan fingerprint density at radius 2 is 1.15 bits per heavy atom. The number of rotatable bonds is 4. The molecule has 4 nitrogen and oxygen atoms in total. The Labute approximate surface area is 120 Å². The van der Waals surface area contributed by atoms with E-state index in [9.17, 15) is 0 Å². The van der Waals surface area contributed by atoms with Crippen LogP contribution in [0.1, 0.15) is 11.1 Å². The van der Waals surface area contributed by atoms with Gasteiger partial charge in [-0.05, 0) is 18.2 Å². The van der Waals surface area contributed by atoms with Crippen molar-refractivity contribution < 1.29 is 14.4 Å². The lowest BCUT2D eigenvalue weighted by Crippen LogP contribution is -2.16. The Hall–Kier alpha value is -1.45. The molecular weight excluding hydrogens is 273 g/mol. The molecule has 5 heteroatoms. The zero-order valence-corrected chi connectivity index (χ0v) is 12.4. The minimum absolute atomic E-state index is 0.996. The van der Waals surface area contributed by atoms with Crippen molar-refractivity contribution in [2.75, 3.05) is 7.05 Å². The van der Waals surface area contributed by atoms with Crippen molar-refractivity contribution in [3.63, 3.8) is 0 Å². The highest BCUT2D eigenvalue weighted by Gasteiger charge is 2.00. The molecule has 0 fully saturated rings. The van der Waals surface area contributed by atoms with Gasteiger partial charge in [-0.1, -0.05) is 60.7 Å². The molecule has 0 bridgehead atoms. The summed E-state index contributed by atoms with van der Waals surface area (Å²) in [6, 6.07) is 21.1. The van der Waals surface area contributed by atoms with Crippen LogP contribution in [0.15, 0.2) is 60.7 Å². The fraction of sp³-hybridized carbons (Fsp3) is 0.200. The lowest BCUT2D eigenvalue weighted by molar-refractivity contribution is 0.319. The Kier molecular flexibility index (Phi) is 7.85. The van der Waals surface area contributed by atoms with Crippen LogP contribution in [0.4, 0.5) is 0 Å². The first-order valence-electron chi connectivity index (χ1n) is 6.26. The molecule has 2 aromatic carbocycles. The molecule has 108 valence electrons. The standard InChI is InChI=1S/C15H17N.H3O3P/c1-16(12-14-8-4-2-5-9-14)13-15-10-6-3-7-11-15;1-4(2)3/h2-11H,12-13H2,1H3;4H,(H2,1,2,3). The van der Waals surface area contributed by atoms with Crippen molar-refractivity contribution in [1.82, 2.24) is 4.90 Å². The first-order valence-corrected chi connectivity index (χ1v) is 7.56. The molecule has 0 amide bonds. The zero-order valence-electron chi connectivity index (χ0n) is 11.4. The third kappa shape index (κ3) is 7.87. The van der Waals surface area contributed by atoms with E-state index in [1.807, 2.05) is 0 Å². The summed E-state index contributed by atoms with van der Waals surface area (Å²) in [6.45, 7) is 1.99. The van der Waals surface area contributed by atoms with Gasteiger partial charge in [0.25, 0.3) is 0 Å². The third-order valence-electron chi connectivity index (χ3n) is 2.59. The van der Waals surface area contributed by atoms with Crippen LogP contribution in [-0.4, -0.2) is 21.7 Å². The Morgan fingerprint density at radius 1 is 0.850 bits per heavy atom. The molecule has 2 aromatic rings. The molecule has 0 saturated heterocycles. The second kappa shape index (κ2) is 9.45. The minimum atomic E-state index is -3.13. The van der Waals surface area contributed by atoms with E-state index in [0.29, 0.717) is 0 Å². The van der Waals surface area contributed by atoms with Gasteiger partial charge < -0.3 is 9.79 Å². The zero-order chi connectivity index (χ0) is 14.8. The average molecular weight is 293 g/mol. The van der Waals surface area contributed by atoms with Gasteiger partial charge >= 0.3 is 8.25 Å². The molecular formula is C15H20NO3P. The van der Waals surface area contributed by atoms with Crippen molar-refractivity contribution in [3.05, 3.63) is 71.8 Å². The van der Waals surface area contributed by atoms with E-state index in [1.54, 1.807) is 0 Å². The summed E-state index contributed by atoms with van der Waals surface area (Å²) in [7, 11) is -0.977. The molecule has 2 N–H and O–H groups in total. The Bertz CT molecular complexity index is 460. The lowest BCUT2D eigenvalue weighted by Gasteiger charge is -2.16. The maximum atomic E-state index is 8.74. The smallest absolute Gasteiger partial charge is 0.314 e. The summed E-state index contributed by atoms with van der Waals surface area (Å²) in [4.78, 5) is 16.6. The van der Waals surface area contributed by atoms with Gasteiger partial charge in [0.05, 0.1) is 0 Å². The van der Waals surface area contributed by atoms with E-state index in [2.05, 4.69) is 72.6 Å². The number of hydrogen-bond acceptors (Lipinski definition) is 2. The minimum Gasteiger partial charge on any atom is -0.326 e. The lowest BCUT2D eigenvalue weighted by atomic mass is 10.2. The molecule has 2 rings (SSSR count). The quantitative estimate of drug-likeness (QED) is 0.851. The molecule has 0 atom stereocenters. The summed E-state index contributed by atoms with van der Waals surface area (Å²) < 4.78 is 8.74. The van der Waals surface area contributed by atoms with Gasteiger partial charge in [-0.25, -0.2) is 0 Å². The molecule has 0 heterocycles. The molecule has 0 aliphatic heterocycles. The fourth-order valence-corrected chi connectivity index (χ4v) is 1.85. The number of benzene rings is 2. The van der Waals surface area contributed by atoms with E-state index >= 15 is 0 Å². The third-order valence-corrected chi connectivity index (χ3v) is 2.59. The van der Waals surface area contributed by atoms with Crippen LogP contribution in [0.3, 0.4) is 0 Å². The maximum Gasteiger partial charge on any atom is 0.314 e. The van der Waals surface area contributed by atoms with Crippen molar-refractivity contribution in [3.8, 4) is 0 Å². The van der Waals surface area contributed by atoms with Gasteiger partial charge in [-0.2, -0.15) is 0 Å². The van der Waals surface area contributed by atoms with E-state index in [0.717, 1.165) is 13.1 Å². The summed E-state index contributed by atoms with van der Waals surface area (Å²) in [6.07, 6.45) is 0. The molecule has 0 aromatic heterocycles. The monoisotopic (exact) mass is 293 g/mol. The van der Waals surface area contributed by atoms with E-state index < -0.39 is 8.25 Å². The van der Waals surface area contributed by atoms with Crippen LogP contribution in [0.25, 0.3) is 0 Å². The summed E-state index contributed by atoms with van der Waals surface area (Å²) in [5, 5.41) is 0. The molecule has 20 heavy (non-hydrogen) atoms. The first-order chi connectivity index (χ1) is 9.58. The largest absolute Gasteiger partial charge is 0.326 e. The summed E-state index contributed by atoms with van der Waals surface area (Å²) in [5.41, 5.74) is 2.72. The SMILES string of the molecule is CN(Cc1ccccc1)Cc1ccccc1.O=[PH](O)O. The molecule has 0 unspecified atom stereocenters. The van der Waals surface area contributed by atoms with E-state index in [4.69, 9.17) is 14.4 Å². The van der Waals surface area contributed by atoms with Crippen LogP contribution in [0, 0.1) is 0 Å². The van der Waals surface area contributed by atoms with Gasteiger partial charge in [0.15, 0.2) is 0 Å². The first kappa shape index (κ1) is 16.6. The van der Waals surface area contributed by atoms with Gasteiger partial charge in [0, 0.05) is 13.1 Å². The topological polar surface area (TPSA) is 60.8 Å². The van der Waals surface area contributed by atoms with Crippen LogP contribution < -0.4 is 0 Å². The van der Waals surface area contributed by atoms with Gasteiger partial charge in [0.2, 0.25) is 0 Å². The molecule has 0 radical (unpaired) electrons. The Morgan fingerprint density at radius 3 is 1.45 bits per heavy atom. The van der Waals surface area contributed by atoms with Crippen molar-refractivity contribution in [2.24, 2.45) is 0 Å². The predicted octanol–water partition coefficient (Wildman–Crippen LogP) is 2.68. The number of hydrogen-bond donors (Lipinski definition) is 2. The van der Waals surface area contributed by atoms with E-state index in [-0.39, 0.29) is 0 Å². The summed E-state index contributed by atoms with van der Waals surface area (Å²) in [5.74, 6) is 0. The van der Waals surface area contributed by atoms with Crippen LogP contribution in [0.2, 0.25) is 0 Å². The second-order valence-electron chi connectivity index (χ2n) is 4.43. The van der Waals surface area contributed by atoms with Crippen molar-refractivity contribution in [2.45, 2.75) is 13.1 Å². The highest BCUT2D eigenvalue weighted by molar-refractivity contribution is 7.30. The van der Waals surface area contributed by atoms with Crippen molar-refractivity contribution >= 4 is 8.25 Å². The number of nitrogens with zero attached hydrogens (tertiary/aromatic N) is 1. The molecule has 0 aliphatic carbocycles. The molecule has 0 spiro atoms. The second-order valence-corrected chi connectivity index (χ2v) is 4.99. The highest BCUT2D eigenvalue weighted by atomic mass is 31.1. The molecule has 0 aliphatic rings. The predicted molar refractivity (Wildman–Crippen MR) is 81.5 cm³/mol. The molecule has 0 saturated carbocycles. The van der Waals surface area contributed by atoms with Crippen molar-refractivity contribution in [1.29, 1.82) is 0 Å². The van der Waals surface area contributed by atoms with Gasteiger partial charge in [-0.3, -0.25) is 9.46 Å². The van der Waals surface area contributed by atoms with Crippen LogP contribution in [-0.2, 0) is 17.7 Å².